The molecule has 1 amide bonds. The van der Waals surface area contributed by atoms with Crippen molar-refractivity contribution in [3.05, 3.63) is 63.3 Å². The smallest absolute Gasteiger partial charge is 0.305 e. The van der Waals surface area contributed by atoms with Crippen LogP contribution in [0.3, 0.4) is 0 Å². The number of phenolic OH excluding ortho intramolecular Hbond substituents is 1. The number of hydrogen-bond donors (Lipinski definition) is 3. The third-order valence-electron chi connectivity index (χ3n) is 4.58. The summed E-state index contributed by atoms with van der Waals surface area (Å²) in [6.07, 6.45) is 2.00. The minimum atomic E-state index is -0.196. The largest absolute Gasteiger partial charge is 0.506 e. The van der Waals surface area contributed by atoms with Crippen molar-refractivity contribution < 1.29 is 14.6 Å². The van der Waals surface area contributed by atoms with Crippen molar-refractivity contribution in [1.82, 2.24) is 10.3 Å². The van der Waals surface area contributed by atoms with Gasteiger partial charge in [0.15, 0.2) is 0 Å². The Balaban J connectivity index is 1.24. The molecule has 0 bridgehead atoms. The van der Waals surface area contributed by atoms with E-state index < -0.39 is 0 Å². The molecule has 0 radical (unpaired) electrons. The minimum absolute atomic E-state index is 0.0183. The van der Waals surface area contributed by atoms with E-state index >= 15 is 0 Å². The number of carbonyl (C=O) groups is 1. The lowest BCUT2D eigenvalue weighted by atomic mass is 10.1. The fourth-order valence-electron chi connectivity index (χ4n) is 3.02. The first-order chi connectivity index (χ1) is 14.6. The summed E-state index contributed by atoms with van der Waals surface area (Å²) >= 11 is 2.79. The van der Waals surface area contributed by atoms with Gasteiger partial charge in [0, 0.05) is 24.5 Å². The van der Waals surface area contributed by atoms with Gasteiger partial charge in [0.05, 0.1) is 17.9 Å². The molecule has 3 aromatic rings. The van der Waals surface area contributed by atoms with Crippen LogP contribution in [0.1, 0.15) is 17.5 Å². The number of thioether (sulfide) groups is 1. The summed E-state index contributed by atoms with van der Waals surface area (Å²) < 4.78 is 6.39. The molecule has 3 rings (SSSR count). The summed E-state index contributed by atoms with van der Waals surface area (Å²) in [5.41, 5.74) is 2.69. The number of H-pyrrole nitrogens is 1. The Morgan fingerprint density at radius 1 is 1.10 bits per heavy atom. The first kappa shape index (κ1) is 22.4. The monoisotopic (exact) mass is 446 g/mol. The van der Waals surface area contributed by atoms with Crippen molar-refractivity contribution in [3.63, 3.8) is 0 Å². The van der Waals surface area contributed by atoms with E-state index in [0.29, 0.717) is 38.1 Å². The number of aromatic amines is 1. The van der Waals surface area contributed by atoms with Gasteiger partial charge >= 0.3 is 4.87 Å². The molecule has 0 fully saturated rings. The lowest BCUT2D eigenvalue weighted by Crippen LogP contribution is -2.26. The highest BCUT2D eigenvalue weighted by Gasteiger charge is 2.10. The van der Waals surface area contributed by atoms with Gasteiger partial charge in [0.2, 0.25) is 5.91 Å². The predicted octanol–water partition coefficient (Wildman–Crippen LogP) is 3.34. The molecule has 3 N–H and O–H groups in total. The second-order valence-electron chi connectivity index (χ2n) is 6.77. The molecule has 1 aromatic heterocycles. The van der Waals surface area contributed by atoms with Crippen LogP contribution in [0.4, 0.5) is 0 Å². The van der Waals surface area contributed by atoms with E-state index in [1.54, 1.807) is 23.9 Å². The standard InChI is InChI=1S/C22H26N2O4S2/c25-18-7-6-17(21-20(18)24-22(27)30-21)8-11-23-19(26)10-14-29-15-13-28-12-9-16-4-2-1-3-5-16/h1-7,25H,8-15H2,(H,23,26)(H,24,27). The van der Waals surface area contributed by atoms with E-state index in [0.717, 1.165) is 39.5 Å². The van der Waals surface area contributed by atoms with Crippen LogP contribution in [-0.2, 0) is 22.4 Å². The maximum absolute atomic E-state index is 12.0. The first-order valence-electron chi connectivity index (χ1n) is 9.93. The number of amides is 1. The Kier molecular flexibility index (Phi) is 8.80. The highest BCUT2D eigenvalue weighted by atomic mass is 32.2. The highest BCUT2D eigenvalue weighted by Crippen LogP contribution is 2.27. The number of phenols is 1. The molecule has 0 unspecified atom stereocenters. The van der Waals surface area contributed by atoms with Gasteiger partial charge in [-0.15, -0.1) is 0 Å². The highest BCUT2D eigenvalue weighted by molar-refractivity contribution is 7.99. The summed E-state index contributed by atoms with van der Waals surface area (Å²) in [4.78, 5) is 26.0. The number of nitrogens with one attached hydrogen (secondary N) is 2. The van der Waals surface area contributed by atoms with Gasteiger partial charge in [0.25, 0.3) is 0 Å². The van der Waals surface area contributed by atoms with Gasteiger partial charge in [0.1, 0.15) is 11.3 Å². The summed E-state index contributed by atoms with van der Waals surface area (Å²) in [5.74, 6) is 1.72. The molecule has 0 atom stereocenters. The second kappa shape index (κ2) is 11.8. The normalized spacial score (nSPS) is 11.1. The van der Waals surface area contributed by atoms with E-state index in [1.165, 1.54) is 5.56 Å². The maximum atomic E-state index is 12.0. The molecular formula is C22H26N2O4S2. The SMILES string of the molecule is O=C(CCSCCOCCc1ccccc1)NCCc1ccc(O)c2[nH]c(=O)sc12. The van der Waals surface area contributed by atoms with E-state index in [9.17, 15) is 14.7 Å². The van der Waals surface area contributed by atoms with Crippen LogP contribution in [0.15, 0.2) is 47.3 Å². The molecule has 8 heteroatoms. The molecule has 0 saturated carbocycles. The minimum Gasteiger partial charge on any atom is -0.506 e. The molecule has 6 nitrogen and oxygen atoms in total. The van der Waals surface area contributed by atoms with Crippen LogP contribution in [0, 0.1) is 0 Å². The fraction of sp³-hybridized carbons (Fsp3) is 0.364. The van der Waals surface area contributed by atoms with E-state index in [2.05, 4.69) is 22.4 Å². The molecule has 0 spiro atoms. The zero-order valence-electron chi connectivity index (χ0n) is 16.7. The molecule has 30 heavy (non-hydrogen) atoms. The summed E-state index contributed by atoms with van der Waals surface area (Å²) in [6, 6.07) is 13.6. The fourth-order valence-corrected chi connectivity index (χ4v) is 4.68. The van der Waals surface area contributed by atoms with Crippen molar-refractivity contribution >= 4 is 39.2 Å². The summed E-state index contributed by atoms with van der Waals surface area (Å²) in [5, 5.41) is 12.7. The van der Waals surface area contributed by atoms with Crippen LogP contribution >= 0.6 is 23.1 Å². The topological polar surface area (TPSA) is 91.4 Å². The zero-order chi connectivity index (χ0) is 21.2. The number of ether oxygens (including phenoxy) is 1. The number of rotatable bonds is 12. The molecule has 0 saturated heterocycles. The van der Waals surface area contributed by atoms with Crippen molar-refractivity contribution in [2.45, 2.75) is 19.3 Å². The van der Waals surface area contributed by atoms with Crippen molar-refractivity contribution in [2.24, 2.45) is 0 Å². The average molecular weight is 447 g/mol. The second-order valence-corrected chi connectivity index (χ2v) is 8.98. The van der Waals surface area contributed by atoms with Crippen molar-refractivity contribution in [2.75, 3.05) is 31.3 Å². The van der Waals surface area contributed by atoms with Crippen LogP contribution in [0.2, 0.25) is 0 Å². The number of aromatic hydroxyl groups is 1. The predicted molar refractivity (Wildman–Crippen MR) is 124 cm³/mol. The first-order valence-corrected chi connectivity index (χ1v) is 11.9. The number of fused-ring (bicyclic) bond motifs is 1. The summed E-state index contributed by atoms with van der Waals surface area (Å²) in [6.45, 7) is 1.90. The third-order valence-corrected chi connectivity index (χ3v) is 6.48. The average Bonchev–Trinajstić information content (AvgIpc) is 3.15. The molecule has 0 aliphatic carbocycles. The third kappa shape index (κ3) is 6.90. The van der Waals surface area contributed by atoms with E-state index in [-0.39, 0.29) is 16.5 Å². The molecule has 1 heterocycles. The number of aromatic nitrogens is 1. The Bertz CT molecular complexity index is 1000. The Morgan fingerprint density at radius 2 is 1.93 bits per heavy atom. The zero-order valence-corrected chi connectivity index (χ0v) is 18.3. The van der Waals surface area contributed by atoms with Gasteiger partial charge in [-0.1, -0.05) is 47.7 Å². The van der Waals surface area contributed by atoms with Crippen LogP contribution in [0.25, 0.3) is 10.2 Å². The lowest BCUT2D eigenvalue weighted by Gasteiger charge is -2.07. The number of benzene rings is 2. The number of hydrogen-bond acceptors (Lipinski definition) is 6. The Hall–Kier alpha value is -2.29. The maximum Gasteiger partial charge on any atom is 0.305 e. The van der Waals surface area contributed by atoms with Crippen LogP contribution in [0.5, 0.6) is 5.75 Å². The molecule has 0 aliphatic rings. The molecule has 0 aliphatic heterocycles. The Morgan fingerprint density at radius 3 is 2.77 bits per heavy atom. The molecular weight excluding hydrogens is 420 g/mol. The molecule has 160 valence electrons. The number of thiazole rings is 1. The van der Waals surface area contributed by atoms with E-state index in [1.807, 2.05) is 18.2 Å². The van der Waals surface area contributed by atoms with Crippen LogP contribution in [-0.4, -0.2) is 47.3 Å². The van der Waals surface area contributed by atoms with Gasteiger partial charge in [-0.2, -0.15) is 11.8 Å². The lowest BCUT2D eigenvalue weighted by molar-refractivity contribution is -0.120. The van der Waals surface area contributed by atoms with Gasteiger partial charge in [-0.25, -0.2) is 0 Å². The van der Waals surface area contributed by atoms with Gasteiger partial charge in [-0.3, -0.25) is 9.59 Å². The van der Waals surface area contributed by atoms with Crippen LogP contribution < -0.4 is 10.2 Å². The van der Waals surface area contributed by atoms with Gasteiger partial charge < -0.3 is 20.1 Å². The van der Waals surface area contributed by atoms with Crippen molar-refractivity contribution in [1.29, 1.82) is 0 Å². The quantitative estimate of drug-likeness (QED) is 0.371. The summed E-state index contributed by atoms with van der Waals surface area (Å²) in [7, 11) is 0. The van der Waals surface area contributed by atoms with Gasteiger partial charge in [-0.05, 0) is 30.0 Å². The Labute approximate surface area is 183 Å². The number of carbonyl (C=O) groups excluding carboxylic acids is 1. The van der Waals surface area contributed by atoms with Crippen molar-refractivity contribution in [3.8, 4) is 5.75 Å². The van der Waals surface area contributed by atoms with E-state index in [4.69, 9.17) is 4.74 Å². The molecule has 2 aromatic carbocycles.